The van der Waals surface area contributed by atoms with E-state index in [1.807, 2.05) is 0 Å². The Morgan fingerprint density at radius 1 is 1.26 bits per heavy atom. The molecule has 2 atom stereocenters. The Balaban J connectivity index is 1.77. The maximum atomic E-state index is 13.6. The smallest absolute Gasteiger partial charge is 0.288 e. The van der Waals surface area contributed by atoms with Crippen LogP contribution in [0.15, 0.2) is 18.3 Å². The van der Waals surface area contributed by atoms with Gasteiger partial charge in [0.1, 0.15) is 5.82 Å². The van der Waals surface area contributed by atoms with Crippen LogP contribution < -0.4 is 4.90 Å². The van der Waals surface area contributed by atoms with E-state index in [4.69, 9.17) is 0 Å². The lowest BCUT2D eigenvalue weighted by Gasteiger charge is -2.40. The summed E-state index contributed by atoms with van der Waals surface area (Å²) in [5, 5.41) is 7.50. The maximum Gasteiger partial charge on any atom is 0.410 e. The average molecular weight is 389 g/mol. The number of hydrogen-bond acceptors (Lipinski definition) is 3. The zero-order chi connectivity index (χ0) is 19.5. The number of carbonyl (C=O) groups excluding carboxylic acids is 1. The number of halogens is 5. The number of hydrogen-bond donors (Lipinski definition) is 0. The van der Waals surface area contributed by atoms with E-state index in [0.717, 1.165) is 29.8 Å². The summed E-state index contributed by atoms with van der Waals surface area (Å²) in [6, 6.07) is 0.0517. The molecule has 1 amide bonds. The van der Waals surface area contributed by atoms with Gasteiger partial charge in [-0.2, -0.15) is 32.1 Å². The molecule has 0 saturated heterocycles. The summed E-state index contributed by atoms with van der Waals surface area (Å²) < 4.78 is 67.4. The van der Waals surface area contributed by atoms with Crippen molar-refractivity contribution < 1.29 is 26.7 Å². The van der Waals surface area contributed by atoms with Gasteiger partial charge in [0, 0.05) is 18.3 Å². The van der Waals surface area contributed by atoms with Crippen LogP contribution in [0.4, 0.5) is 27.8 Å². The third-order valence-electron chi connectivity index (χ3n) is 4.97. The molecule has 2 aromatic heterocycles. The Hall–Kier alpha value is -2.46. The molecule has 0 bridgehead atoms. The number of alkyl halides is 5. The highest BCUT2D eigenvalue weighted by Gasteiger charge is 2.52. The quantitative estimate of drug-likeness (QED) is 0.752. The summed E-state index contributed by atoms with van der Waals surface area (Å²) in [5.41, 5.74) is 0.100. The molecule has 1 saturated carbocycles. The molecule has 0 spiro atoms. The molecule has 1 fully saturated rings. The second-order valence-corrected chi connectivity index (χ2v) is 6.92. The summed E-state index contributed by atoms with van der Waals surface area (Å²) in [7, 11) is 0. The van der Waals surface area contributed by atoms with Gasteiger partial charge >= 0.3 is 12.7 Å². The van der Waals surface area contributed by atoms with E-state index >= 15 is 0 Å². The van der Waals surface area contributed by atoms with Crippen LogP contribution in [0.1, 0.15) is 48.0 Å². The molecule has 146 valence electrons. The van der Waals surface area contributed by atoms with Gasteiger partial charge in [-0.3, -0.25) is 9.69 Å². The molecule has 27 heavy (non-hydrogen) atoms. The van der Waals surface area contributed by atoms with Gasteiger partial charge in [-0.05, 0) is 38.2 Å². The van der Waals surface area contributed by atoms with Crippen LogP contribution in [-0.4, -0.2) is 37.7 Å². The first-order chi connectivity index (χ1) is 12.7. The van der Waals surface area contributed by atoms with Crippen molar-refractivity contribution in [2.75, 3.05) is 4.90 Å². The van der Waals surface area contributed by atoms with E-state index in [1.54, 1.807) is 6.92 Å². The Bertz CT molecular complexity index is 869. The molecule has 1 aliphatic carbocycles. The highest BCUT2D eigenvalue weighted by Crippen LogP contribution is 2.48. The SMILES string of the molecule is Cc1cc2n(n1)[C@H](C(F)(F)F)C[C@@H](C1CC1)N2C(=O)c1ccn(C(F)F)n1. The Labute approximate surface area is 150 Å². The minimum atomic E-state index is -4.51. The zero-order valence-corrected chi connectivity index (χ0v) is 14.2. The first-order valence-electron chi connectivity index (χ1n) is 8.46. The van der Waals surface area contributed by atoms with Gasteiger partial charge in [0.2, 0.25) is 0 Å². The predicted octanol–water partition coefficient (Wildman–Crippen LogP) is 3.72. The standard InChI is InChI=1S/C16H16F5N5O/c1-8-6-13-25(14(27)10-4-5-24(23-10)15(17)18)11(9-2-3-9)7-12(16(19,20)21)26(13)22-8/h4-6,9,11-12,15H,2-3,7H2,1H3/t11-,12-/m0/s1. The monoisotopic (exact) mass is 389 g/mol. The molecule has 0 unspecified atom stereocenters. The molecule has 2 aromatic rings. The van der Waals surface area contributed by atoms with Crippen LogP contribution in [0.3, 0.4) is 0 Å². The lowest BCUT2D eigenvalue weighted by Crippen LogP contribution is -2.50. The van der Waals surface area contributed by atoms with E-state index in [0.29, 0.717) is 10.4 Å². The molecular formula is C16H16F5N5O. The van der Waals surface area contributed by atoms with Gasteiger partial charge < -0.3 is 0 Å². The third kappa shape index (κ3) is 3.08. The second kappa shape index (κ2) is 6.03. The highest BCUT2D eigenvalue weighted by molar-refractivity contribution is 6.05. The van der Waals surface area contributed by atoms with E-state index in [9.17, 15) is 26.7 Å². The van der Waals surface area contributed by atoms with Crippen molar-refractivity contribution in [2.45, 2.75) is 51.0 Å². The van der Waals surface area contributed by atoms with Crippen molar-refractivity contribution in [1.29, 1.82) is 0 Å². The van der Waals surface area contributed by atoms with Crippen molar-refractivity contribution in [3.05, 3.63) is 29.7 Å². The molecular weight excluding hydrogens is 373 g/mol. The largest absolute Gasteiger partial charge is 0.410 e. The lowest BCUT2D eigenvalue weighted by atomic mass is 9.97. The number of anilines is 1. The number of carbonyl (C=O) groups is 1. The fraction of sp³-hybridized carbons (Fsp3) is 0.562. The molecule has 4 rings (SSSR count). The van der Waals surface area contributed by atoms with Gasteiger partial charge in [0.25, 0.3) is 5.91 Å². The minimum Gasteiger partial charge on any atom is -0.288 e. The number of rotatable bonds is 3. The van der Waals surface area contributed by atoms with E-state index in [2.05, 4.69) is 10.2 Å². The summed E-state index contributed by atoms with van der Waals surface area (Å²) in [4.78, 5) is 14.2. The topological polar surface area (TPSA) is 56.0 Å². The maximum absolute atomic E-state index is 13.6. The molecule has 11 heteroatoms. The number of fused-ring (bicyclic) bond motifs is 1. The first-order valence-corrected chi connectivity index (χ1v) is 8.46. The lowest BCUT2D eigenvalue weighted by molar-refractivity contribution is -0.174. The fourth-order valence-corrected chi connectivity index (χ4v) is 3.61. The number of aromatic nitrogens is 4. The molecule has 0 radical (unpaired) electrons. The van der Waals surface area contributed by atoms with Gasteiger partial charge in [0.05, 0.1) is 5.69 Å². The summed E-state index contributed by atoms with van der Waals surface area (Å²) in [6.07, 6.45) is -2.42. The van der Waals surface area contributed by atoms with Gasteiger partial charge in [-0.25, -0.2) is 9.36 Å². The average Bonchev–Trinajstić information content (AvgIpc) is 3.15. The van der Waals surface area contributed by atoms with Crippen LogP contribution in [0.5, 0.6) is 0 Å². The summed E-state index contributed by atoms with van der Waals surface area (Å²) >= 11 is 0. The van der Waals surface area contributed by atoms with Crippen LogP contribution in [-0.2, 0) is 0 Å². The summed E-state index contributed by atoms with van der Waals surface area (Å²) in [5.74, 6) is -0.734. The molecule has 3 heterocycles. The number of nitrogens with zero attached hydrogens (tertiary/aromatic N) is 5. The third-order valence-corrected chi connectivity index (χ3v) is 4.97. The molecule has 0 N–H and O–H groups in total. The van der Waals surface area contributed by atoms with Gasteiger partial charge in [0.15, 0.2) is 11.7 Å². The summed E-state index contributed by atoms with van der Waals surface area (Å²) in [6.45, 7) is -1.37. The highest BCUT2D eigenvalue weighted by atomic mass is 19.4. The van der Waals surface area contributed by atoms with Crippen molar-refractivity contribution in [3.8, 4) is 0 Å². The van der Waals surface area contributed by atoms with Crippen LogP contribution in [0.25, 0.3) is 0 Å². The van der Waals surface area contributed by atoms with E-state index < -0.39 is 30.7 Å². The van der Waals surface area contributed by atoms with Crippen LogP contribution >= 0.6 is 0 Å². The Morgan fingerprint density at radius 3 is 2.52 bits per heavy atom. The van der Waals surface area contributed by atoms with Gasteiger partial charge in [-0.15, -0.1) is 0 Å². The Morgan fingerprint density at radius 2 is 1.96 bits per heavy atom. The van der Waals surface area contributed by atoms with Gasteiger partial charge in [-0.1, -0.05) is 0 Å². The first kappa shape index (κ1) is 17.9. The second-order valence-electron chi connectivity index (χ2n) is 6.92. The minimum absolute atomic E-state index is 0.0228. The van der Waals surface area contributed by atoms with Crippen LogP contribution in [0, 0.1) is 12.8 Å². The van der Waals surface area contributed by atoms with Crippen molar-refractivity contribution in [3.63, 3.8) is 0 Å². The van der Waals surface area contributed by atoms with Crippen LogP contribution in [0.2, 0.25) is 0 Å². The van der Waals surface area contributed by atoms with E-state index in [-0.39, 0.29) is 23.9 Å². The number of amides is 1. The molecule has 1 aliphatic heterocycles. The Kier molecular flexibility index (Phi) is 4.00. The predicted molar refractivity (Wildman–Crippen MR) is 83.5 cm³/mol. The van der Waals surface area contributed by atoms with Crippen molar-refractivity contribution in [1.82, 2.24) is 19.6 Å². The van der Waals surface area contributed by atoms with Crippen molar-refractivity contribution in [2.24, 2.45) is 5.92 Å². The fourth-order valence-electron chi connectivity index (χ4n) is 3.61. The van der Waals surface area contributed by atoms with E-state index in [1.165, 1.54) is 11.0 Å². The zero-order valence-electron chi connectivity index (χ0n) is 14.2. The molecule has 6 nitrogen and oxygen atoms in total. The van der Waals surface area contributed by atoms with Crippen molar-refractivity contribution >= 4 is 11.7 Å². The molecule has 2 aliphatic rings. The number of aryl methyl sites for hydroxylation is 1. The molecule has 0 aromatic carbocycles. The normalized spacial score (nSPS) is 23.0.